The molecule has 1 fully saturated rings. The molecule has 0 radical (unpaired) electrons. The second-order valence-electron chi connectivity index (χ2n) is 5.89. The SMILES string of the molecule is O=c1[nH]c(=O)n(C2CCC(CO)C(O)C2)cc1-c1cc[c]([Y])s1. The van der Waals surface area contributed by atoms with Gasteiger partial charge in [0.1, 0.15) is 0 Å². The number of nitrogens with one attached hydrogen (secondary N) is 1. The summed E-state index contributed by atoms with van der Waals surface area (Å²) in [5.74, 6) is -0.131. The van der Waals surface area contributed by atoms with Crippen molar-refractivity contribution in [2.75, 3.05) is 6.61 Å². The third-order valence-corrected chi connectivity index (χ3v) is 6.71. The van der Waals surface area contributed by atoms with Crippen molar-refractivity contribution in [1.29, 1.82) is 0 Å². The van der Waals surface area contributed by atoms with Crippen LogP contribution in [0, 0.1) is 5.92 Å². The Kier molecular flexibility index (Phi) is 5.33. The molecule has 6 nitrogen and oxygen atoms in total. The van der Waals surface area contributed by atoms with Crippen molar-refractivity contribution in [2.45, 2.75) is 31.4 Å². The number of aromatic amines is 1. The average Bonchev–Trinajstić information content (AvgIpc) is 2.93. The molecule has 0 aromatic carbocycles. The Morgan fingerprint density at radius 2 is 2.13 bits per heavy atom. The number of aliphatic hydroxyl groups excluding tert-OH is 2. The maximum atomic E-state index is 12.2. The van der Waals surface area contributed by atoms with E-state index in [2.05, 4.69) is 4.98 Å². The first-order valence-corrected chi connectivity index (χ1v) is 9.73. The molecular weight excluding hydrogens is 393 g/mol. The number of H-pyrrole nitrogens is 1. The first-order chi connectivity index (χ1) is 11.0. The van der Waals surface area contributed by atoms with Crippen LogP contribution >= 0.6 is 11.3 Å². The van der Waals surface area contributed by atoms with E-state index in [1.807, 2.05) is 12.1 Å². The van der Waals surface area contributed by atoms with Crippen molar-refractivity contribution >= 4 is 13.0 Å². The molecule has 1 aliphatic rings. The van der Waals surface area contributed by atoms with Gasteiger partial charge in [0.15, 0.2) is 0 Å². The van der Waals surface area contributed by atoms with E-state index in [1.165, 1.54) is 6.25 Å². The molecule has 3 rings (SSSR count). The van der Waals surface area contributed by atoms with Gasteiger partial charge in [0.25, 0.3) is 0 Å². The molecule has 2 aromatic heterocycles. The molecule has 120 valence electrons. The van der Waals surface area contributed by atoms with E-state index in [9.17, 15) is 19.8 Å². The third kappa shape index (κ3) is 3.59. The number of hydrogen-bond acceptors (Lipinski definition) is 5. The number of thiophene rings is 1. The second-order valence-corrected chi connectivity index (χ2v) is 9.56. The fraction of sp³-hybridized carbons (Fsp3) is 0.467. The van der Waals surface area contributed by atoms with Crippen molar-refractivity contribution < 1.29 is 41.2 Å². The predicted octanol–water partition coefficient (Wildman–Crippen LogP) is 0.132. The first kappa shape index (κ1) is 17.2. The van der Waals surface area contributed by atoms with E-state index in [0.29, 0.717) is 24.8 Å². The molecule has 2 heterocycles. The van der Waals surface area contributed by atoms with Gasteiger partial charge in [0.2, 0.25) is 0 Å². The van der Waals surface area contributed by atoms with Crippen LogP contribution in [0.3, 0.4) is 0 Å². The molecule has 2 aromatic rings. The van der Waals surface area contributed by atoms with Crippen molar-refractivity contribution in [3.63, 3.8) is 0 Å². The van der Waals surface area contributed by atoms with Gasteiger partial charge in [-0.15, -0.1) is 0 Å². The van der Waals surface area contributed by atoms with Gasteiger partial charge < -0.3 is 0 Å². The summed E-state index contributed by atoms with van der Waals surface area (Å²) < 4.78 is 2.75. The Bertz CT molecular complexity index is 812. The topological polar surface area (TPSA) is 95.3 Å². The van der Waals surface area contributed by atoms with Gasteiger partial charge in [-0.25, -0.2) is 0 Å². The van der Waals surface area contributed by atoms with Crippen LogP contribution in [0.4, 0.5) is 0 Å². The van der Waals surface area contributed by atoms with E-state index in [-0.39, 0.29) is 24.1 Å². The van der Waals surface area contributed by atoms with Crippen LogP contribution < -0.4 is 12.9 Å². The van der Waals surface area contributed by atoms with E-state index in [4.69, 9.17) is 0 Å². The predicted molar refractivity (Wildman–Crippen MR) is 83.7 cm³/mol. The maximum absolute atomic E-state index is 12.2. The van der Waals surface area contributed by atoms with E-state index in [1.54, 1.807) is 17.5 Å². The Labute approximate surface area is 156 Å². The molecule has 0 saturated heterocycles. The van der Waals surface area contributed by atoms with Gasteiger partial charge in [-0.2, -0.15) is 0 Å². The van der Waals surface area contributed by atoms with Crippen LogP contribution in [0.5, 0.6) is 0 Å². The first-order valence-electron chi connectivity index (χ1n) is 7.49. The summed E-state index contributed by atoms with van der Waals surface area (Å²) in [7, 11) is 0. The monoisotopic (exact) mass is 410 g/mol. The van der Waals surface area contributed by atoms with Crippen LogP contribution in [0.2, 0.25) is 0 Å². The molecule has 0 spiro atoms. The number of hydrogen-bond donors (Lipinski definition) is 3. The molecule has 0 aliphatic heterocycles. The molecule has 3 N–H and O–H groups in total. The van der Waals surface area contributed by atoms with Gasteiger partial charge in [0, 0.05) is 0 Å². The van der Waals surface area contributed by atoms with Crippen LogP contribution in [-0.4, -0.2) is 32.5 Å². The number of aromatic nitrogens is 2. The zero-order valence-corrected chi connectivity index (χ0v) is 16.1. The molecule has 3 unspecified atom stereocenters. The zero-order chi connectivity index (χ0) is 16.6. The van der Waals surface area contributed by atoms with Gasteiger partial charge in [0.05, 0.1) is 0 Å². The molecule has 0 amide bonds. The van der Waals surface area contributed by atoms with Crippen molar-refractivity contribution in [3.05, 3.63) is 39.2 Å². The summed E-state index contributed by atoms with van der Waals surface area (Å²) in [4.78, 5) is 27.5. The van der Waals surface area contributed by atoms with Gasteiger partial charge in [-0.05, 0) is 0 Å². The molecule has 3 atom stereocenters. The molecule has 23 heavy (non-hydrogen) atoms. The molecular formula is C15H17N2O4SY. The number of rotatable bonds is 3. The van der Waals surface area contributed by atoms with Crippen molar-refractivity contribution in [1.82, 2.24) is 9.55 Å². The standard InChI is InChI=1S/C15H17N2O4S.Y/c18-8-9-3-4-10(6-12(9)19)17-7-11(13-2-1-5-22-13)14(20)16-15(17)21;/h1-2,7,9-10,12,18-19H,3-4,6,8H2,(H,16,20,21);. The van der Waals surface area contributed by atoms with Crippen LogP contribution in [0.1, 0.15) is 25.3 Å². The Morgan fingerprint density at radius 3 is 2.74 bits per heavy atom. The Morgan fingerprint density at radius 1 is 1.35 bits per heavy atom. The fourth-order valence-corrected chi connectivity index (χ4v) is 5.04. The number of aliphatic hydroxyl groups is 2. The normalized spacial score (nSPS) is 24.7. The summed E-state index contributed by atoms with van der Waals surface area (Å²) >= 11 is 2.55. The molecule has 1 aliphatic carbocycles. The summed E-state index contributed by atoms with van der Waals surface area (Å²) in [5.41, 5.74) is -0.326. The zero-order valence-electron chi connectivity index (χ0n) is 12.4. The van der Waals surface area contributed by atoms with Gasteiger partial charge in [-0.3, -0.25) is 0 Å². The van der Waals surface area contributed by atoms with E-state index >= 15 is 0 Å². The fourth-order valence-electron chi connectivity index (χ4n) is 3.08. The van der Waals surface area contributed by atoms with Crippen LogP contribution in [-0.2, 0) is 31.0 Å². The quantitative estimate of drug-likeness (QED) is 0.671. The summed E-state index contributed by atoms with van der Waals surface area (Å²) in [6, 6.07) is 3.74. The minimum atomic E-state index is -0.629. The second kappa shape index (κ2) is 7.11. The van der Waals surface area contributed by atoms with Gasteiger partial charge in [-0.1, -0.05) is 0 Å². The van der Waals surface area contributed by atoms with Crippen LogP contribution in [0.15, 0.2) is 27.9 Å². The van der Waals surface area contributed by atoms with E-state index < -0.39 is 11.8 Å². The van der Waals surface area contributed by atoms with Crippen molar-refractivity contribution in [2.24, 2.45) is 5.92 Å². The molecule has 8 heteroatoms. The summed E-state index contributed by atoms with van der Waals surface area (Å²) in [6.07, 6.45) is 2.75. The van der Waals surface area contributed by atoms with Crippen LogP contribution in [0.25, 0.3) is 10.4 Å². The van der Waals surface area contributed by atoms with Gasteiger partial charge >= 0.3 is 157 Å². The molecule has 0 bridgehead atoms. The summed E-state index contributed by atoms with van der Waals surface area (Å²) in [6.45, 7) is -0.0439. The average molecular weight is 410 g/mol. The minimum absolute atomic E-state index is 0.0439. The Hall–Kier alpha value is -0.596. The third-order valence-electron chi connectivity index (χ3n) is 4.42. The van der Waals surface area contributed by atoms with E-state index in [0.717, 1.165) is 35.8 Å². The Balaban J connectivity index is 1.97. The summed E-state index contributed by atoms with van der Waals surface area (Å²) in [5, 5.41) is 19.3. The number of nitrogens with zero attached hydrogens (tertiary/aromatic N) is 1. The molecule has 1 saturated carbocycles. The van der Waals surface area contributed by atoms with Crippen molar-refractivity contribution in [3.8, 4) is 10.4 Å².